The monoisotopic (exact) mass is 637 g/mol. The maximum atomic E-state index is 12.3. The molecule has 0 unspecified atom stereocenters. The molecule has 13 nitrogen and oxygen atoms in total. The van der Waals surface area contributed by atoms with E-state index in [-0.39, 0.29) is 13.2 Å². The maximum absolute atomic E-state index is 12.3. The van der Waals surface area contributed by atoms with Crippen LogP contribution in [0.15, 0.2) is 47.0 Å². The first-order chi connectivity index (χ1) is 21.3. The number of imidazole rings is 1. The van der Waals surface area contributed by atoms with Crippen LogP contribution in [0.2, 0.25) is 0 Å². The highest BCUT2D eigenvalue weighted by Crippen LogP contribution is 2.38. The normalized spacial score (nSPS) is 11.2. The second kappa shape index (κ2) is 11.9. The fraction of sp³-hybridized carbons (Fsp3) is 0.241. The van der Waals surface area contributed by atoms with Gasteiger partial charge in [-0.15, -0.1) is 16.4 Å². The van der Waals surface area contributed by atoms with E-state index < -0.39 is 6.09 Å². The lowest BCUT2D eigenvalue weighted by molar-refractivity contribution is 0.201. The van der Waals surface area contributed by atoms with Crippen LogP contribution in [0, 0.1) is 6.92 Å². The minimum atomic E-state index is -1.14. The first-order valence-corrected chi connectivity index (χ1v) is 14.8. The van der Waals surface area contributed by atoms with Crippen molar-refractivity contribution >= 4 is 49.8 Å². The van der Waals surface area contributed by atoms with E-state index in [4.69, 9.17) is 28.1 Å². The number of hydrogen-bond donors (Lipinski definition) is 1. The molecule has 6 aromatic rings. The molecule has 15 heteroatoms. The number of thiazole rings is 1. The van der Waals surface area contributed by atoms with Crippen molar-refractivity contribution in [3.63, 3.8) is 0 Å². The van der Waals surface area contributed by atoms with Crippen LogP contribution in [-0.4, -0.2) is 59.2 Å². The molecule has 0 aliphatic rings. The summed E-state index contributed by atoms with van der Waals surface area (Å²) in [5.41, 5.74) is 2.43. The van der Waals surface area contributed by atoms with Crippen LogP contribution in [0.4, 0.5) is 9.93 Å². The van der Waals surface area contributed by atoms with Gasteiger partial charge in [-0.25, -0.2) is 24.2 Å². The molecule has 0 aliphatic heterocycles. The summed E-state index contributed by atoms with van der Waals surface area (Å²) in [6.45, 7) is 2.00. The van der Waals surface area contributed by atoms with E-state index in [2.05, 4.69) is 15.1 Å². The van der Waals surface area contributed by atoms with Gasteiger partial charge in [-0.2, -0.15) is 0 Å². The van der Waals surface area contributed by atoms with Crippen LogP contribution in [0.5, 0.6) is 28.2 Å². The lowest BCUT2D eigenvalue weighted by atomic mass is 10.2. The van der Waals surface area contributed by atoms with Gasteiger partial charge in [-0.1, -0.05) is 0 Å². The van der Waals surface area contributed by atoms with Crippen LogP contribution in [-0.2, 0) is 13.2 Å². The van der Waals surface area contributed by atoms with Crippen molar-refractivity contribution < 1.29 is 38.0 Å². The van der Waals surface area contributed by atoms with E-state index in [1.54, 1.807) is 62.4 Å². The van der Waals surface area contributed by atoms with E-state index in [9.17, 15) is 9.90 Å². The lowest BCUT2D eigenvalue weighted by Crippen LogP contribution is -2.28. The molecular formula is C29H27N5O8S2. The smallest absolute Gasteiger partial charge is 0.413 e. The van der Waals surface area contributed by atoms with Crippen molar-refractivity contribution in [1.82, 2.24) is 19.6 Å². The Balaban J connectivity index is 1.26. The first-order valence-electron chi connectivity index (χ1n) is 13.1. The first kappa shape index (κ1) is 29.1. The number of benzene rings is 2. The van der Waals surface area contributed by atoms with Gasteiger partial charge in [0.25, 0.3) is 5.19 Å². The number of furan rings is 1. The molecule has 4 aromatic heterocycles. The number of nitrogens with zero attached hydrogens (tertiary/aromatic N) is 5. The Morgan fingerprint density at radius 2 is 1.77 bits per heavy atom. The standard InChI is InChI=1S/C29H27N5O8S2/c1-15-21(31-26(43-15)33(29(35)36)12-16-6-7-17(37-2)8-22(16)39-4)14-41-23-9-18(38-3)10-24-19(23)11-25(42-24)20-13-34-27(30-20)44-28(32-34)40-5/h6-11,13H,12,14H2,1-5H3,(H,35,36). The van der Waals surface area contributed by atoms with Crippen LogP contribution < -0.4 is 28.6 Å². The SMILES string of the molecule is COc1ccc(CN(C(=O)O)c2nc(COc3cc(OC)cc4oc(-c5cn6nc(OC)sc6n5)cc34)c(C)s2)c(OC)c1. The summed E-state index contributed by atoms with van der Waals surface area (Å²) >= 11 is 2.58. The number of carboxylic acid groups (broad SMARTS) is 1. The summed E-state index contributed by atoms with van der Waals surface area (Å²) in [6, 6.07) is 10.6. The number of fused-ring (bicyclic) bond motifs is 2. The van der Waals surface area contributed by atoms with E-state index in [1.807, 2.05) is 13.0 Å². The van der Waals surface area contributed by atoms with Crippen molar-refractivity contribution in [2.45, 2.75) is 20.1 Å². The fourth-order valence-corrected chi connectivity index (χ4v) is 6.11. The molecule has 44 heavy (non-hydrogen) atoms. The molecule has 2 aromatic carbocycles. The van der Waals surface area contributed by atoms with Gasteiger partial charge in [-0.05, 0) is 36.5 Å². The lowest BCUT2D eigenvalue weighted by Gasteiger charge is -2.18. The molecule has 0 fully saturated rings. The van der Waals surface area contributed by atoms with Gasteiger partial charge in [0.1, 0.15) is 40.9 Å². The number of rotatable bonds is 11. The van der Waals surface area contributed by atoms with Crippen molar-refractivity contribution in [3.8, 4) is 39.6 Å². The Morgan fingerprint density at radius 1 is 0.977 bits per heavy atom. The summed E-state index contributed by atoms with van der Waals surface area (Å²) in [5.74, 6) is 2.72. The summed E-state index contributed by atoms with van der Waals surface area (Å²) < 4.78 is 35.4. The van der Waals surface area contributed by atoms with E-state index in [1.165, 1.54) is 34.7 Å². The van der Waals surface area contributed by atoms with Gasteiger partial charge in [-0.3, -0.25) is 0 Å². The highest BCUT2D eigenvalue weighted by atomic mass is 32.1. The van der Waals surface area contributed by atoms with Gasteiger partial charge in [0.05, 0.1) is 52.3 Å². The summed E-state index contributed by atoms with van der Waals surface area (Å²) in [6.07, 6.45) is 0.622. The fourth-order valence-electron chi connectivity index (χ4n) is 4.51. The summed E-state index contributed by atoms with van der Waals surface area (Å²) in [5, 5.41) is 15.9. The minimum Gasteiger partial charge on any atom is -0.497 e. The minimum absolute atomic E-state index is 0.0398. The molecule has 1 N–H and O–H groups in total. The number of aromatic nitrogens is 4. The van der Waals surface area contributed by atoms with Crippen LogP contribution in [0.25, 0.3) is 27.4 Å². The van der Waals surface area contributed by atoms with Crippen LogP contribution in [0.3, 0.4) is 0 Å². The van der Waals surface area contributed by atoms with Crippen molar-refractivity contribution in [2.75, 3.05) is 33.3 Å². The second-order valence-electron chi connectivity index (χ2n) is 9.41. The zero-order chi connectivity index (χ0) is 31.0. The molecule has 1 amide bonds. The van der Waals surface area contributed by atoms with Crippen LogP contribution >= 0.6 is 22.7 Å². The predicted molar refractivity (Wildman–Crippen MR) is 164 cm³/mol. The van der Waals surface area contributed by atoms with Gasteiger partial charge >= 0.3 is 6.09 Å². The number of ether oxygens (including phenoxy) is 5. The van der Waals surface area contributed by atoms with E-state index in [0.29, 0.717) is 66.6 Å². The average Bonchev–Trinajstić information content (AvgIpc) is 3.80. The molecule has 0 bridgehead atoms. The van der Waals surface area contributed by atoms with E-state index in [0.717, 1.165) is 10.3 Å². The number of hydrogen-bond acceptors (Lipinski definition) is 12. The zero-order valence-electron chi connectivity index (χ0n) is 24.3. The third kappa shape index (κ3) is 5.54. The Hall–Kier alpha value is -5.02. The third-order valence-electron chi connectivity index (χ3n) is 6.79. The largest absolute Gasteiger partial charge is 0.497 e. The predicted octanol–water partition coefficient (Wildman–Crippen LogP) is 6.27. The second-order valence-corrected chi connectivity index (χ2v) is 11.5. The number of anilines is 1. The molecule has 6 rings (SSSR count). The Bertz CT molecular complexity index is 1950. The number of methoxy groups -OCH3 is 4. The van der Waals surface area contributed by atoms with Gasteiger partial charge in [0.2, 0.25) is 4.96 Å². The summed E-state index contributed by atoms with van der Waals surface area (Å²) in [4.78, 5) is 24.2. The van der Waals surface area contributed by atoms with Gasteiger partial charge in [0, 0.05) is 28.6 Å². The number of carbonyl (C=O) groups is 1. The Kier molecular flexibility index (Phi) is 7.88. The van der Waals surface area contributed by atoms with Gasteiger partial charge < -0.3 is 33.2 Å². The molecule has 0 saturated carbocycles. The topological polar surface area (TPSA) is 143 Å². The quantitative estimate of drug-likeness (QED) is 0.172. The number of aryl methyl sites for hydroxylation is 1. The van der Waals surface area contributed by atoms with Crippen LogP contribution in [0.1, 0.15) is 16.1 Å². The van der Waals surface area contributed by atoms with Crippen molar-refractivity contribution in [2.24, 2.45) is 0 Å². The Labute approximate surface area is 258 Å². The highest BCUT2D eigenvalue weighted by molar-refractivity contribution is 7.18. The zero-order valence-corrected chi connectivity index (χ0v) is 25.9. The van der Waals surface area contributed by atoms with E-state index >= 15 is 0 Å². The maximum Gasteiger partial charge on any atom is 0.413 e. The molecule has 0 spiro atoms. The molecule has 0 aliphatic carbocycles. The molecule has 228 valence electrons. The third-order valence-corrected chi connectivity index (χ3v) is 8.71. The highest BCUT2D eigenvalue weighted by Gasteiger charge is 2.23. The molecular weight excluding hydrogens is 610 g/mol. The molecule has 0 saturated heterocycles. The van der Waals surface area contributed by atoms with Crippen molar-refractivity contribution in [3.05, 3.63) is 58.7 Å². The average molecular weight is 638 g/mol. The number of amides is 1. The molecule has 4 heterocycles. The summed E-state index contributed by atoms with van der Waals surface area (Å²) in [7, 11) is 6.20. The molecule has 0 radical (unpaired) electrons. The molecule has 0 atom stereocenters. The van der Waals surface area contributed by atoms with Crippen molar-refractivity contribution in [1.29, 1.82) is 0 Å². The Morgan fingerprint density at radius 3 is 2.48 bits per heavy atom. The van der Waals surface area contributed by atoms with Gasteiger partial charge in [0.15, 0.2) is 10.9 Å².